The Labute approximate surface area is 185 Å². The van der Waals surface area contributed by atoms with Crippen LogP contribution in [0.2, 0.25) is 0 Å². The molecule has 0 unspecified atom stereocenters. The number of nitrogens with zero attached hydrogens (tertiary/aromatic N) is 5. The van der Waals surface area contributed by atoms with E-state index in [2.05, 4.69) is 43.9 Å². The van der Waals surface area contributed by atoms with Gasteiger partial charge in [-0.2, -0.15) is 10.2 Å². The first-order chi connectivity index (χ1) is 15.6. The van der Waals surface area contributed by atoms with E-state index in [0.717, 1.165) is 34.6 Å². The molecule has 1 saturated heterocycles. The van der Waals surface area contributed by atoms with Gasteiger partial charge < -0.3 is 20.1 Å². The Morgan fingerprint density at radius 1 is 1.25 bits per heavy atom. The van der Waals surface area contributed by atoms with Crippen LogP contribution in [-0.2, 0) is 4.74 Å². The van der Waals surface area contributed by atoms with Gasteiger partial charge in [0.05, 0.1) is 18.3 Å². The normalized spacial score (nSPS) is 18.6. The summed E-state index contributed by atoms with van der Waals surface area (Å²) in [6.45, 7) is 6.02. The molecule has 4 aromatic rings. The second-order valence-electron chi connectivity index (χ2n) is 7.95. The Morgan fingerprint density at radius 3 is 3.00 bits per heavy atom. The summed E-state index contributed by atoms with van der Waals surface area (Å²) in [5, 5.41) is 19.1. The quantitative estimate of drug-likeness (QED) is 0.481. The van der Waals surface area contributed by atoms with E-state index in [9.17, 15) is 0 Å². The summed E-state index contributed by atoms with van der Waals surface area (Å²) in [5.41, 5.74) is 3.89. The molecule has 5 rings (SSSR count). The molecule has 32 heavy (non-hydrogen) atoms. The Kier molecular flexibility index (Phi) is 5.66. The molecule has 164 valence electrons. The van der Waals surface area contributed by atoms with Gasteiger partial charge in [-0.3, -0.25) is 4.98 Å². The van der Waals surface area contributed by atoms with Crippen molar-refractivity contribution in [2.75, 3.05) is 25.1 Å². The molecule has 0 spiro atoms. The Bertz CT molecular complexity index is 1200. The van der Waals surface area contributed by atoms with E-state index >= 15 is 0 Å². The minimum atomic E-state index is 0.0207. The SMILES string of the molecule is Cc1cc(-c2ccn3nc(Nc4cccnn4)cc3c2)c(OC[C@@H]2CN[C@H](C)CO2)cn1. The van der Waals surface area contributed by atoms with Crippen LogP contribution in [0.5, 0.6) is 5.75 Å². The van der Waals surface area contributed by atoms with Crippen LogP contribution in [0.1, 0.15) is 12.6 Å². The van der Waals surface area contributed by atoms with E-state index in [1.807, 2.05) is 48.0 Å². The van der Waals surface area contributed by atoms with Crippen LogP contribution in [0.3, 0.4) is 0 Å². The summed E-state index contributed by atoms with van der Waals surface area (Å²) in [5.74, 6) is 2.08. The van der Waals surface area contributed by atoms with Gasteiger partial charge >= 0.3 is 0 Å². The van der Waals surface area contributed by atoms with Gasteiger partial charge in [0.1, 0.15) is 18.5 Å². The lowest BCUT2D eigenvalue weighted by molar-refractivity contribution is -0.0165. The number of aryl methyl sites for hydroxylation is 1. The van der Waals surface area contributed by atoms with Crippen LogP contribution >= 0.6 is 0 Å². The van der Waals surface area contributed by atoms with Crippen molar-refractivity contribution in [2.24, 2.45) is 0 Å². The first-order valence-electron chi connectivity index (χ1n) is 10.6. The minimum Gasteiger partial charge on any atom is -0.489 e. The third-order valence-electron chi connectivity index (χ3n) is 5.31. The lowest BCUT2D eigenvalue weighted by Gasteiger charge is -2.28. The molecule has 1 fully saturated rings. The van der Waals surface area contributed by atoms with Crippen molar-refractivity contribution < 1.29 is 9.47 Å². The fraction of sp³-hybridized carbons (Fsp3) is 0.304. The Hall–Kier alpha value is -3.56. The maximum Gasteiger partial charge on any atom is 0.154 e. The first-order valence-corrected chi connectivity index (χ1v) is 10.6. The molecule has 0 saturated carbocycles. The van der Waals surface area contributed by atoms with Crippen molar-refractivity contribution in [3.05, 3.63) is 60.7 Å². The standard InChI is InChI=1S/C23H25N7O2/c1-15-8-20(21(12-25-15)32-14-19-11-24-16(2)13-31-19)17-5-7-30-18(9-17)10-23(29-30)27-22-4-3-6-26-28-22/h3-10,12,16,19,24H,11,13-14H2,1-2H3,(H,27,28,29)/t16-,19+/m1/s1. The fourth-order valence-electron chi connectivity index (χ4n) is 3.63. The average molecular weight is 432 g/mol. The van der Waals surface area contributed by atoms with Crippen molar-refractivity contribution >= 4 is 17.2 Å². The summed E-state index contributed by atoms with van der Waals surface area (Å²) >= 11 is 0. The van der Waals surface area contributed by atoms with Gasteiger partial charge in [-0.15, -0.1) is 5.10 Å². The van der Waals surface area contributed by atoms with Crippen LogP contribution in [0.15, 0.2) is 55.0 Å². The van der Waals surface area contributed by atoms with Crippen molar-refractivity contribution in [1.82, 2.24) is 30.1 Å². The number of aromatic nitrogens is 5. The number of anilines is 2. The van der Waals surface area contributed by atoms with Gasteiger partial charge in [-0.1, -0.05) is 0 Å². The summed E-state index contributed by atoms with van der Waals surface area (Å²) in [4.78, 5) is 4.43. The van der Waals surface area contributed by atoms with E-state index in [4.69, 9.17) is 9.47 Å². The number of morpholine rings is 1. The molecule has 1 aliphatic heterocycles. The van der Waals surface area contributed by atoms with Crippen LogP contribution in [0.4, 0.5) is 11.6 Å². The molecule has 9 heteroatoms. The highest BCUT2D eigenvalue weighted by Crippen LogP contribution is 2.31. The molecule has 0 bridgehead atoms. The largest absolute Gasteiger partial charge is 0.489 e. The van der Waals surface area contributed by atoms with Gasteiger partial charge in [-0.05, 0) is 49.7 Å². The molecule has 0 radical (unpaired) electrons. The van der Waals surface area contributed by atoms with Crippen molar-refractivity contribution in [3.8, 4) is 16.9 Å². The molecule has 9 nitrogen and oxygen atoms in total. The van der Waals surface area contributed by atoms with Gasteiger partial charge in [0.25, 0.3) is 0 Å². The maximum atomic E-state index is 6.14. The summed E-state index contributed by atoms with van der Waals surface area (Å²) in [6.07, 6.45) is 5.37. The Balaban J connectivity index is 1.38. The average Bonchev–Trinajstić information content (AvgIpc) is 3.21. The zero-order chi connectivity index (χ0) is 21.9. The van der Waals surface area contributed by atoms with Crippen LogP contribution in [0, 0.1) is 6.92 Å². The van der Waals surface area contributed by atoms with E-state index < -0.39 is 0 Å². The second kappa shape index (κ2) is 8.89. The number of hydrogen-bond donors (Lipinski definition) is 2. The lowest BCUT2D eigenvalue weighted by atomic mass is 10.1. The van der Waals surface area contributed by atoms with Crippen LogP contribution in [-0.4, -0.2) is 56.7 Å². The summed E-state index contributed by atoms with van der Waals surface area (Å²) in [6, 6.07) is 12.2. The Morgan fingerprint density at radius 2 is 2.19 bits per heavy atom. The van der Waals surface area contributed by atoms with E-state index in [1.165, 1.54) is 0 Å². The number of rotatable bonds is 6. The predicted octanol–water partition coefficient (Wildman–Crippen LogP) is 2.99. The van der Waals surface area contributed by atoms with Crippen molar-refractivity contribution in [3.63, 3.8) is 0 Å². The van der Waals surface area contributed by atoms with Crippen LogP contribution in [0.25, 0.3) is 16.6 Å². The lowest BCUT2D eigenvalue weighted by Crippen LogP contribution is -2.46. The minimum absolute atomic E-state index is 0.0207. The number of nitrogens with one attached hydrogen (secondary N) is 2. The third kappa shape index (κ3) is 4.53. The highest BCUT2D eigenvalue weighted by molar-refractivity contribution is 5.75. The zero-order valence-corrected chi connectivity index (χ0v) is 18.0. The second-order valence-corrected chi connectivity index (χ2v) is 7.95. The molecule has 2 N–H and O–H groups in total. The first kappa shape index (κ1) is 20.3. The topological polar surface area (TPSA) is 98.5 Å². The number of hydrogen-bond acceptors (Lipinski definition) is 8. The molecular weight excluding hydrogens is 406 g/mol. The van der Waals surface area contributed by atoms with Gasteiger partial charge in [0, 0.05) is 42.3 Å². The van der Waals surface area contributed by atoms with Crippen LogP contribution < -0.4 is 15.4 Å². The molecule has 0 amide bonds. The predicted molar refractivity (Wildman–Crippen MR) is 121 cm³/mol. The molecule has 1 aliphatic rings. The number of ether oxygens (including phenoxy) is 2. The molecule has 5 heterocycles. The molecule has 4 aromatic heterocycles. The zero-order valence-electron chi connectivity index (χ0n) is 18.0. The van der Waals surface area contributed by atoms with E-state index in [-0.39, 0.29) is 6.10 Å². The molecular formula is C23H25N7O2. The monoisotopic (exact) mass is 431 g/mol. The molecule has 2 atom stereocenters. The van der Waals surface area contributed by atoms with E-state index in [1.54, 1.807) is 12.4 Å². The van der Waals surface area contributed by atoms with Crippen molar-refractivity contribution in [1.29, 1.82) is 0 Å². The highest BCUT2D eigenvalue weighted by Gasteiger charge is 2.19. The maximum absolute atomic E-state index is 6.14. The fourth-order valence-corrected chi connectivity index (χ4v) is 3.63. The number of fused-ring (bicyclic) bond motifs is 1. The summed E-state index contributed by atoms with van der Waals surface area (Å²) in [7, 11) is 0. The highest BCUT2D eigenvalue weighted by atomic mass is 16.5. The van der Waals surface area contributed by atoms with Crippen molar-refractivity contribution in [2.45, 2.75) is 26.0 Å². The summed E-state index contributed by atoms with van der Waals surface area (Å²) < 4.78 is 13.8. The number of pyridine rings is 2. The molecule has 0 aromatic carbocycles. The molecule has 0 aliphatic carbocycles. The van der Waals surface area contributed by atoms with Gasteiger partial charge in [-0.25, -0.2) is 4.52 Å². The smallest absolute Gasteiger partial charge is 0.154 e. The van der Waals surface area contributed by atoms with Gasteiger partial charge in [0.15, 0.2) is 11.6 Å². The third-order valence-corrected chi connectivity index (χ3v) is 5.31. The van der Waals surface area contributed by atoms with E-state index in [0.29, 0.717) is 30.9 Å². The van der Waals surface area contributed by atoms with Gasteiger partial charge in [0.2, 0.25) is 0 Å².